The molecule has 90 valence electrons. The Morgan fingerprint density at radius 1 is 1.53 bits per heavy atom. The molecule has 0 heterocycles. The predicted octanol–water partition coefficient (Wildman–Crippen LogP) is -1.04. The first-order valence-corrected chi connectivity index (χ1v) is 5.29. The van der Waals surface area contributed by atoms with E-state index >= 15 is 0 Å². The van der Waals surface area contributed by atoms with Gasteiger partial charge in [0.2, 0.25) is 0 Å². The van der Waals surface area contributed by atoms with Crippen LogP contribution in [0.25, 0.3) is 0 Å². The monoisotopic (exact) mass is 236 g/mol. The summed E-state index contributed by atoms with van der Waals surface area (Å²) in [4.78, 5) is 2.42. The summed E-state index contributed by atoms with van der Waals surface area (Å²) in [5, 5.41) is 18.0. The summed E-state index contributed by atoms with van der Waals surface area (Å²) in [6.45, 7) is 2.11. The molecule has 0 aromatic rings. The van der Waals surface area contributed by atoms with Gasteiger partial charge in [-0.3, -0.25) is 4.90 Å². The fourth-order valence-corrected chi connectivity index (χ4v) is 1.23. The molecule has 1 atom stereocenters. The normalized spacial score (nSPS) is 13.1. The Morgan fingerprint density at radius 3 is 2.67 bits per heavy atom. The van der Waals surface area contributed by atoms with Gasteiger partial charge in [0.05, 0.1) is 24.3 Å². The van der Waals surface area contributed by atoms with Crippen LogP contribution in [0.4, 0.5) is 0 Å². The molecule has 4 N–H and O–H groups in total. The summed E-state index contributed by atoms with van der Waals surface area (Å²) in [6.07, 6.45) is -0.120. The number of aliphatic hydroxyl groups is 2. The number of rotatable bonds is 9. The maximum atomic E-state index is 9.30. The zero-order chi connectivity index (χ0) is 11.7. The second-order valence-electron chi connectivity index (χ2n) is 3.35. The molecule has 5 nitrogen and oxygen atoms in total. The van der Waals surface area contributed by atoms with Crippen molar-refractivity contribution in [1.82, 2.24) is 4.90 Å². The molecular weight excluding hydrogens is 216 g/mol. The number of aliphatic hydroxyl groups excluding tert-OH is 2. The van der Waals surface area contributed by atoms with Crippen LogP contribution < -0.4 is 5.73 Å². The molecule has 0 aliphatic rings. The summed E-state index contributed by atoms with van der Waals surface area (Å²) < 4.78 is 4.94. The van der Waals surface area contributed by atoms with Gasteiger partial charge in [-0.05, 0) is 0 Å². The first-order chi connectivity index (χ1) is 7.10. The lowest BCUT2D eigenvalue weighted by molar-refractivity contribution is 0.0506. The molecule has 0 rings (SSSR count). The number of nitrogens with two attached hydrogens (primary N) is 1. The Bertz CT molecular complexity index is 181. The summed E-state index contributed by atoms with van der Waals surface area (Å²) >= 11 is 4.78. The molecule has 0 aliphatic heterocycles. The number of ether oxygens (including phenoxy) is 1. The van der Waals surface area contributed by atoms with Crippen LogP contribution in [0, 0.1) is 0 Å². The van der Waals surface area contributed by atoms with E-state index in [9.17, 15) is 5.11 Å². The van der Waals surface area contributed by atoms with E-state index in [1.807, 2.05) is 4.90 Å². The van der Waals surface area contributed by atoms with E-state index < -0.39 is 6.10 Å². The van der Waals surface area contributed by atoms with Gasteiger partial charge in [0.1, 0.15) is 0 Å². The number of nitrogens with zero attached hydrogens (tertiary/aromatic N) is 1. The highest BCUT2D eigenvalue weighted by Crippen LogP contribution is 1.95. The maximum Gasteiger partial charge on any atom is 0.0897 e. The van der Waals surface area contributed by atoms with Gasteiger partial charge < -0.3 is 20.7 Å². The minimum absolute atomic E-state index is 0.240. The number of methoxy groups -OCH3 is 1. The average molecular weight is 236 g/mol. The SMILES string of the molecule is COCCN(CCC(N)=S)CC(O)CO. The quantitative estimate of drug-likeness (QED) is 0.444. The first-order valence-electron chi connectivity index (χ1n) is 4.88. The minimum atomic E-state index is -0.729. The Balaban J connectivity index is 3.88. The Hall–Kier alpha value is -0.270. The summed E-state index contributed by atoms with van der Waals surface area (Å²) in [7, 11) is 1.62. The summed E-state index contributed by atoms with van der Waals surface area (Å²) in [5.74, 6) is 0. The van der Waals surface area contributed by atoms with Crippen LogP contribution in [-0.4, -0.2) is 66.2 Å². The molecule has 0 bridgehead atoms. The lowest BCUT2D eigenvalue weighted by Gasteiger charge is -2.23. The number of hydrogen-bond acceptors (Lipinski definition) is 5. The van der Waals surface area contributed by atoms with Gasteiger partial charge in [-0.2, -0.15) is 0 Å². The van der Waals surface area contributed by atoms with E-state index in [0.717, 1.165) is 0 Å². The van der Waals surface area contributed by atoms with Crippen molar-refractivity contribution in [2.45, 2.75) is 12.5 Å². The van der Waals surface area contributed by atoms with Crippen LogP contribution in [0.5, 0.6) is 0 Å². The van der Waals surface area contributed by atoms with Gasteiger partial charge in [-0.1, -0.05) is 12.2 Å². The zero-order valence-corrected chi connectivity index (χ0v) is 9.87. The smallest absolute Gasteiger partial charge is 0.0897 e. The summed E-state index contributed by atoms with van der Waals surface area (Å²) in [5.41, 5.74) is 5.39. The highest BCUT2D eigenvalue weighted by molar-refractivity contribution is 7.80. The molecule has 15 heavy (non-hydrogen) atoms. The molecule has 0 radical (unpaired) electrons. The second-order valence-corrected chi connectivity index (χ2v) is 3.87. The number of thiocarbonyl (C=S) groups is 1. The van der Waals surface area contributed by atoms with E-state index in [1.165, 1.54) is 0 Å². The van der Waals surface area contributed by atoms with Gasteiger partial charge in [0.25, 0.3) is 0 Å². The van der Waals surface area contributed by atoms with Crippen molar-refractivity contribution in [2.24, 2.45) is 5.73 Å². The first kappa shape index (κ1) is 14.7. The Kier molecular flexibility index (Phi) is 8.83. The van der Waals surface area contributed by atoms with Crippen molar-refractivity contribution < 1.29 is 14.9 Å². The molecule has 0 saturated carbocycles. The molecule has 0 saturated heterocycles. The van der Waals surface area contributed by atoms with Gasteiger partial charge in [0.15, 0.2) is 0 Å². The maximum absolute atomic E-state index is 9.30. The fraction of sp³-hybridized carbons (Fsp3) is 0.889. The molecule has 6 heteroatoms. The third kappa shape index (κ3) is 8.71. The van der Waals surface area contributed by atoms with Crippen molar-refractivity contribution >= 4 is 17.2 Å². The molecule has 0 fully saturated rings. The Morgan fingerprint density at radius 2 is 2.20 bits per heavy atom. The second kappa shape index (κ2) is 8.99. The predicted molar refractivity (Wildman–Crippen MR) is 62.8 cm³/mol. The largest absolute Gasteiger partial charge is 0.394 e. The number of hydrogen-bond donors (Lipinski definition) is 3. The third-order valence-electron chi connectivity index (χ3n) is 1.97. The fourth-order valence-electron chi connectivity index (χ4n) is 1.14. The average Bonchev–Trinajstić information content (AvgIpc) is 2.21. The van der Waals surface area contributed by atoms with Gasteiger partial charge in [-0.25, -0.2) is 0 Å². The molecule has 0 aromatic carbocycles. The van der Waals surface area contributed by atoms with E-state index in [0.29, 0.717) is 37.7 Å². The lowest BCUT2D eigenvalue weighted by Crippen LogP contribution is -2.38. The summed E-state index contributed by atoms with van der Waals surface area (Å²) in [6, 6.07) is 0. The molecule has 0 aliphatic carbocycles. The Labute approximate surface area is 95.8 Å². The van der Waals surface area contributed by atoms with Gasteiger partial charge in [-0.15, -0.1) is 0 Å². The van der Waals surface area contributed by atoms with Crippen LogP contribution in [0.3, 0.4) is 0 Å². The van der Waals surface area contributed by atoms with E-state index in [4.69, 9.17) is 27.8 Å². The molecular formula is C9H20N2O3S. The molecule has 0 spiro atoms. The minimum Gasteiger partial charge on any atom is -0.394 e. The van der Waals surface area contributed by atoms with Crippen molar-refractivity contribution in [3.8, 4) is 0 Å². The van der Waals surface area contributed by atoms with Gasteiger partial charge in [0, 0.05) is 33.2 Å². The van der Waals surface area contributed by atoms with Crippen LogP contribution >= 0.6 is 12.2 Å². The molecule has 0 aromatic heterocycles. The third-order valence-corrected chi connectivity index (χ3v) is 2.17. The standard InChI is InChI=1S/C9H20N2O3S/c1-14-5-4-11(3-2-9(10)15)6-8(13)7-12/h8,12-13H,2-7H2,1H3,(H2,10,15). The molecule has 1 unspecified atom stereocenters. The van der Waals surface area contributed by atoms with Crippen LogP contribution in [-0.2, 0) is 4.74 Å². The van der Waals surface area contributed by atoms with Crippen molar-refractivity contribution in [1.29, 1.82) is 0 Å². The highest BCUT2D eigenvalue weighted by atomic mass is 32.1. The van der Waals surface area contributed by atoms with Crippen molar-refractivity contribution in [3.05, 3.63) is 0 Å². The van der Waals surface area contributed by atoms with E-state index in [-0.39, 0.29) is 6.61 Å². The topological polar surface area (TPSA) is 79.0 Å². The van der Waals surface area contributed by atoms with Gasteiger partial charge >= 0.3 is 0 Å². The van der Waals surface area contributed by atoms with Crippen LogP contribution in [0.15, 0.2) is 0 Å². The van der Waals surface area contributed by atoms with E-state index in [2.05, 4.69) is 0 Å². The van der Waals surface area contributed by atoms with E-state index in [1.54, 1.807) is 7.11 Å². The van der Waals surface area contributed by atoms with Crippen LogP contribution in [0.1, 0.15) is 6.42 Å². The lowest BCUT2D eigenvalue weighted by atomic mass is 10.3. The van der Waals surface area contributed by atoms with Crippen LogP contribution in [0.2, 0.25) is 0 Å². The molecule has 0 amide bonds. The highest BCUT2D eigenvalue weighted by Gasteiger charge is 2.10. The zero-order valence-electron chi connectivity index (χ0n) is 9.06. The van der Waals surface area contributed by atoms with Crippen molar-refractivity contribution in [2.75, 3.05) is 40.0 Å². The van der Waals surface area contributed by atoms with Crippen molar-refractivity contribution in [3.63, 3.8) is 0 Å².